The van der Waals surface area contributed by atoms with Gasteiger partial charge in [-0.25, -0.2) is 13.4 Å². The molecule has 0 aromatic carbocycles. The molecular weight excluding hydrogens is 266 g/mol. The first-order valence-electron chi connectivity index (χ1n) is 4.50. The Morgan fingerprint density at radius 3 is 3.00 bits per heavy atom. The zero-order valence-corrected chi connectivity index (χ0v) is 10.1. The van der Waals surface area contributed by atoms with Crippen molar-refractivity contribution in [3.63, 3.8) is 0 Å². The largest absolute Gasteiger partial charge is 0.341 e. The molecule has 0 aliphatic rings. The number of imidazole rings is 1. The number of sulfonamides is 1. The Morgan fingerprint density at radius 2 is 2.29 bits per heavy atom. The van der Waals surface area contributed by atoms with Crippen LogP contribution >= 0.6 is 11.6 Å². The molecule has 9 heteroatoms. The van der Waals surface area contributed by atoms with Crippen molar-refractivity contribution >= 4 is 38.7 Å². The van der Waals surface area contributed by atoms with Crippen LogP contribution in [0.5, 0.6) is 0 Å². The smallest absolute Gasteiger partial charge is 0.240 e. The fourth-order valence-electron chi connectivity index (χ4n) is 1.18. The Kier molecular flexibility index (Phi) is 2.99. The Bertz CT molecular complexity index is 666. The van der Waals surface area contributed by atoms with Crippen molar-refractivity contribution in [2.75, 3.05) is 10.5 Å². The third kappa shape index (κ3) is 2.53. The van der Waals surface area contributed by atoms with Gasteiger partial charge < -0.3 is 4.98 Å². The molecule has 0 saturated heterocycles. The highest BCUT2D eigenvalue weighted by Gasteiger charge is 2.13. The summed E-state index contributed by atoms with van der Waals surface area (Å²) in [6.45, 7) is 3.34. The quantitative estimate of drug-likeness (QED) is 0.638. The van der Waals surface area contributed by atoms with Crippen LogP contribution in [0.25, 0.3) is 11.2 Å². The minimum atomic E-state index is -3.54. The van der Waals surface area contributed by atoms with Crippen LogP contribution < -0.4 is 4.72 Å². The van der Waals surface area contributed by atoms with Gasteiger partial charge >= 0.3 is 0 Å². The van der Waals surface area contributed by atoms with Crippen molar-refractivity contribution in [2.24, 2.45) is 0 Å². The summed E-state index contributed by atoms with van der Waals surface area (Å²) in [5.74, 6) is -0.344. The number of nitrogens with one attached hydrogen (secondary N) is 2. The fraction of sp³-hybridized carbons (Fsp3) is 0.125. The molecule has 0 amide bonds. The van der Waals surface area contributed by atoms with E-state index in [0.717, 1.165) is 0 Å². The molecule has 2 rings (SSSR count). The van der Waals surface area contributed by atoms with Crippen LogP contribution in [0.1, 0.15) is 0 Å². The SMILES string of the molecule is C=CCS(=O)(=O)Nc1nc(Cl)c2[nH]cnc2n1. The average Bonchev–Trinajstić information content (AvgIpc) is 2.64. The lowest BCUT2D eigenvalue weighted by molar-refractivity contribution is 0.603. The number of halogens is 1. The van der Waals surface area contributed by atoms with Crippen molar-refractivity contribution in [3.8, 4) is 0 Å². The number of anilines is 1. The normalized spacial score (nSPS) is 11.6. The van der Waals surface area contributed by atoms with Crippen LogP contribution in [0, 0.1) is 0 Å². The average molecular weight is 274 g/mol. The number of H-pyrrole nitrogens is 1. The van der Waals surface area contributed by atoms with Gasteiger partial charge in [0.15, 0.2) is 10.8 Å². The van der Waals surface area contributed by atoms with Gasteiger partial charge in [-0.05, 0) is 0 Å². The highest BCUT2D eigenvalue weighted by atomic mass is 35.5. The lowest BCUT2D eigenvalue weighted by Crippen LogP contribution is -2.17. The van der Waals surface area contributed by atoms with Gasteiger partial charge in [0.25, 0.3) is 0 Å². The van der Waals surface area contributed by atoms with E-state index in [-0.39, 0.29) is 16.9 Å². The number of hydrogen-bond acceptors (Lipinski definition) is 5. The highest BCUT2D eigenvalue weighted by Crippen LogP contribution is 2.18. The fourth-order valence-corrected chi connectivity index (χ4v) is 2.16. The third-order valence-corrected chi connectivity index (χ3v) is 3.27. The predicted octanol–water partition coefficient (Wildman–Crippen LogP) is 0.934. The molecule has 0 bridgehead atoms. The lowest BCUT2D eigenvalue weighted by atomic mass is 10.6. The molecule has 2 heterocycles. The molecule has 17 heavy (non-hydrogen) atoms. The second-order valence-corrected chi connectivity index (χ2v) is 5.24. The molecule has 0 aliphatic heterocycles. The first-order valence-corrected chi connectivity index (χ1v) is 6.53. The van der Waals surface area contributed by atoms with E-state index in [1.165, 1.54) is 12.4 Å². The molecule has 2 N–H and O–H groups in total. The highest BCUT2D eigenvalue weighted by molar-refractivity contribution is 7.92. The second-order valence-electron chi connectivity index (χ2n) is 3.11. The number of nitrogens with zero attached hydrogens (tertiary/aromatic N) is 3. The topological polar surface area (TPSA) is 101 Å². The zero-order valence-electron chi connectivity index (χ0n) is 8.51. The van der Waals surface area contributed by atoms with Gasteiger partial charge in [-0.3, -0.25) is 4.72 Å². The van der Waals surface area contributed by atoms with Crippen LogP contribution in [0.3, 0.4) is 0 Å². The van der Waals surface area contributed by atoms with Crippen molar-refractivity contribution in [2.45, 2.75) is 0 Å². The Balaban J connectivity index is 2.40. The summed E-state index contributed by atoms with van der Waals surface area (Å²) < 4.78 is 25.1. The summed E-state index contributed by atoms with van der Waals surface area (Å²) in [6, 6.07) is 0. The molecule has 0 unspecified atom stereocenters. The number of aromatic amines is 1. The number of fused-ring (bicyclic) bond motifs is 1. The Labute approximate surface area is 102 Å². The molecule has 0 atom stereocenters. The van der Waals surface area contributed by atoms with E-state index in [0.29, 0.717) is 11.2 Å². The van der Waals surface area contributed by atoms with Crippen LogP contribution in [0.15, 0.2) is 19.0 Å². The monoisotopic (exact) mass is 273 g/mol. The van der Waals surface area contributed by atoms with Crippen molar-refractivity contribution in [1.82, 2.24) is 19.9 Å². The molecule has 0 radical (unpaired) electrons. The molecule has 0 fully saturated rings. The molecule has 2 aromatic rings. The minimum Gasteiger partial charge on any atom is -0.341 e. The van der Waals surface area contributed by atoms with E-state index in [1.54, 1.807) is 0 Å². The lowest BCUT2D eigenvalue weighted by Gasteiger charge is -2.04. The van der Waals surface area contributed by atoms with Gasteiger partial charge in [0.1, 0.15) is 5.52 Å². The number of aromatic nitrogens is 4. The molecule has 0 aliphatic carbocycles. The van der Waals surface area contributed by atoms with Gasteiger partial charge in [-0.2, -0.15) is 9.97 Å². The van der Waals surface area contributed by atoms with E-state index < -0.39 is 10.0 Å². The van der Waals surface area contributed by atoms with Gasteiger partial charge in [0.05, 0.1) is 12.1 Å². The van der Waals surface area contributed by atoms with E-state index in [9.17, 15) is 8.42 Å². The standard InChI is InChI=1S/C8H8ClN5O2S/c1-2-3-17(15,16)14-8-12-6(9)5-7(13-8)11-4-10-5/h2,4H,1,3H2,(H2,10,11,12,13,14). The van der Waals surface area contributed by atoms with E-state index in [1.807, 2.05) is 0 Å². The Hall–Kier alpha value is -1.67. The molecule has 2 aromatic heterocycles. The summed E-state index contributed by atoms with van der Waals surface area (Å²) in [6.07, 6.45) is 2.66. The summed E-state index contributed by atoms with van der Waals surface area (Å²) in [4.78, 5) is 14.3. The van der Waals surface area contributed by atoms with Crippen LogP contribution in [0.4, 0.5) is 5.95 Å². The molecular formula is C8H8ClN5O2S. The first-order chi connectivity index (χ1) is 8.02. The summed E-state index contributed by atoms with van der Waals surface area (Å²) in [7, 11) is -3.54. The van der Waals surface area contributed by atoms with Crippen LogP contribution in [0.2, 0.25) is 5.15 Å². The van der Waals surface area contributed by atoms with Crippen molar-refractivity contribution in [3.05, 3.63) is 24.1 Å². The van der Waals surface area contributed by atoms with E-state index >= 15 is 0 Å². The van der Waals surface area contributed by atoms with Crippen molar-refractivity contribution < 1.29 is 8.42 Å². The maximum Gasteiger partial charge on any atom is 0.240 e. The van der Waals surface area contributed by atoms with E-state index in [2.05, 4.69) is 31.2 Å². The minimum absolute atomic E-state index is 0.101. The van der Waals surface area contributed by atoms with E-state index in [4.69, 9.17) is 11.6 Å². The molecule has 7 nitrogen and oxygen atoms in total. The predicted molar refractivity (Wildman–Crippen MR) is 64.3 cm³/mol. The summed E-state index contributed by atoms with van der Waals surface area (Å²) >= 11 is 5.83. The summed E-state index contributed by atoms with van der Waals surface area (Å²) in [5, 5.41) is 0.101. The molecule has 0 spiro atoms. The van der Waals surface area contributed by atoms with Gasteiger partial charge in [-0.1, -0.05) is 17.7 Å². The second kappa shape index (κ2) is 4.30. The van der Waals surface area contributed by atoms with Crippen LogP contribution in [-0.2, 0) is 10.0 Å². The summed E-state index contributed by atoms with van der Waals surface area (Å²) in [5.41, 5.74) is 0.750. The zero-order chi connectivity index (χ0) is 12.5. The molecule has 90 valence electrons. The first kappa shape index (κ1) is 11.8. The van der Waals surface area contributed by atoms with Crippen molar-refractivity contribution in [1.29, 1.82) is 0 Å². The number of hydrogen-bond donors (Lipinski definition) is 2. The van der Waals surface area contributed by atoms with Gasteiger partial charge in [0, 0.05) is 0 Å². The third-order valence-electron chi connectivity index (χ3n) is 1.83. The maximum atomic E-state index is 11.5. The molecule has 0 saturated carbocycles. The van der Waals surface area contributed by atoms with Crippen LogP contribution in [-0.4, -0.2) is 34.1 Å². The number of rotatable bonds is 4. The Morgan fingerprint density at radius 1 is 1.53 bits per heavy atom. The maximum absolute atomic E-state index is 11.5. The van der Waals surface area contributed by atoms with Gasteiger partial charge in [-0.15, -0.1) is 6.58 Å². The van der Waals surface area contributed by atoms with Gasteiger partial charge in [0.2, 0.25) is 16.0 Å².